The summed E-state index contributed by atoms with van der Waals surface area (Å²) in [6.07, 6.45) is 3.17. The number of methoxy groups -OCH3 is 1. The number of hydrogen-bond acceptors (Lipinski definition) is 5. The Morgan fingerprint density at radius 1 is 1.35 bits per heavy atom. The van der Waals surface area contributed by atoms with Crippen molar-refractivity contribution in [3.63, 3.8) is 0 Å². The largest absolute Gasteiger partial charge is 0.383 e. The maximum Gasteiger partial charge on any atom is 0.271 e. The second kappa shape index (κ2) is 8.76. The summed E-state index contributed by atoms with van der Waals surface area (Å²) < 4.78 is 4.82. The summed E-state index contributed by atoms with van der Waals surface area (Å²) in [4.78, 5) is 27.0. The molecule has 0 spiro atoms. The van der Waals surface area contributed by atoms with E-state index >= 15 is 0 Å². The number of hydrazone groups is 1. The number of hydrogen-bond donors (Lipinski definition) is 2. The highest BCUT2D eigenvalue weighted by Crippen LogP contribution is 1.95. The highest BCUT2D eigenvalue weighted by atomic mass is 16.5. The lowest BCUT2D eigenvalue weighted by Gasteiger charge is -2.04. The molecule has 2 N–H and O–H groups in total. The third-order valence-electron chi connectivity index (χ3n) is 2.34. The van der Waals surface area contributed by atoms with Gasteiger partial charge in [0.15, 0.2) is 0 Å². The predicted octanol–water partition coefficient (Wildman–Crippen LogP) is 0.340. The molecule has 0 saturated heterocycles. The average Bonchev–Trinajstić information content (AvgIpc) is 2.46. The fraction of sp³-hybridized carbons (Fsp3) is 0.385. The zero-order chi connectivity index (χ0) is 14.8. The van der Waals surface area contributed by atoms with Crippen LogP contribution < -0.4 is 10.7 Å². The molecule has 7 nitrogen and oxygen atoms in total. The van der Waals surface area contributed by atoms with E-state index < -0.39 is 0 Å². The van der Waals surface area contributed by atoms with Gasteiger partial charge in [-0.3, -0.25) is 14.6 Å². The van der Waals surface area contributed by atoms with Crippen molar-refractivity contribution in [2.45, 2.75) is 13.3 Å². The molecule has 0 saturated carbocycles. The summed E-state index contributed by atoms with van der Waals surface area (Å²) in [5.74, 6) is -0.506. The number of ether oxygens (including phenoxy) is 1. The molecule has 7 heteroatoms. The Balaban J connectivity index is 2.38. The molecule has 20 heavy (non-hydrogen) atoms. The number of nitrogens with one attached hydrogen (secondary N) is 2. The molecule has 1 rings (SSSR count). The van der Waals surface area contributed by atoms with Crippen LogP contribution in [0.1, 0.15) is 23.7 Å². The first-order chi connectivity index (χ1) is 9.63. The van der Waals surface area contributed by atoms with Gasteiger partial charge in [0.25, 0.3) is 5.91 Å². The Bertz CT molecular complexity index is 474. The van der Waals surface area contributed by atoms with Crippen LogP contribution in [0.4, 0.5) is 0 Å². The molecule has 2 amide bonds. The minimum atomic E-state index is -0.341. The first-order valence-electron chi connectivity index (χ1n) is 6.12. The number of aromatic nitrogens is 1. The molecule has 0 bridgehead atoms. The number of pyridine rings is 1. The van der Waals surface area contributed by atoms with E-state index in [0.29, 0.717) is 24.4 Å². The normalized spacial score (nSPS) is 11.0. The molecule has 108 valence electrons. The van der Waals surface area contributed by atoms with E-state index in [2.05, 4.69) is 20.8 Å². The average molecular weight is 278 g/mol. The van der Waals surface area contributed by atoms with E-state index in [1.54, 1.807) is 26.2 Å². The summed E-state index contributed by atoms with van der Waals surface area (Å²) in [5, 5.41) is 6.54. The van der Waals surface area contributed by atoms with Gasteiger partial charge in [-0.1, -0.05) is 0 Å². The van der Waals surface area contributed by atoms with Gasteiger partial charge in [0.2, 0.25) is 5.91 Å². The Hall–Kier alpha value is -2.28. The van der Waals surface area contributed by atoms with Crippen LogP contribution in [0.25, 0.3) is 0 Å². The second-order valence-corrected chi connectivity index (χ2v) is 4.04. The van der Waals surface area contributed by atoms with Crippen molar-refractivity contribution in [1.82, 2.24) is 15.7 Å². The highest BCUT2D eigenvalue weighted by molar-refractivity contribution is 6.01. The first kappa shape index (κ1) is 15.8. The summed E-state index contributed by atoms with van der Waals surface area (Å²) in [7, 11) is 1.56. The van der Waals surface area contributed by atoms with Gasteiger partial charge >= 0.3 is 0 Å². The van der Waals surface area contributed by atoms with Gasteiger partial charge in [0.05, 0.1) is 13.0 Å². The van der Waals surface area contributed by atoms with Crippen molar-refractivity contribution in [2.75, 3.05) is 20.3 Å². The van der Waals surface area contributed by atoms with Crippen molar-refractivity contribution in [3.05, 3.63) is 30.1 Å². The predicted molar refractivity (Wildman–Crippen MR) is 74.3 cm³/mol. The maximum atomic E-state index is 11.7. The zero-order valence-corrected chi connectivity index (χ0v) is 11.5. The van der Waals surface area contributed by atoms with Gasteiger partial charge < -0.3 is 10.1 Å². The fourth-order valence-corrected chi connectivity index (χ4v) is 1.34. The molecular formula is C13H18N4O3. The molecule has 0 radical (unpaired) electrons. The molecular weight excluding hydrogens is 260 g/mol. The third kappa shape index (κ3) is 6.05. The first-order valence-corrected chi connectivity index (χ1v) is 6.12. The molecule has 0 unspecified atom stereocenters. The summed E-state index contributed by atoms with van der Waals surface area (Å²) in [5.41, 5.74) is 3.36. The van der Waals surface area contributed by atoms with Crippen molar-refractivity contribution < 1.29 is 14.3 Å². The van der Waals surface area contributed by atoms with Gasteiger partial charge in [0.1, 0.15) is 0 Å². The van der Waals surface area contributed by atoms with Crippen molar-refractivity contribution in [2.24, 2.45) is 5.10 Å². The van der Waals surface area contributed by atoms with E-state index in [1.165, 1.54) is 12.4 Å². The Labute approximate surface area is 117 Å². The van der Waals surface area contributed by atoms with Crippen LogP contribution in [-0.2, 0) is 9.53 Å². The number of nitrogens with zero attached hydrogens (tertiary/aromatic N) is 2. The topological polar surface area (TPSA) is 92.7 Å². The van der Waals surface area contributed by atoms with Gasteiger partial charge in [0, 0.05) is 37.3 Å². The Kier molecular flexibility index (Phi) is 6.91. The van der Waals surface area contributed by atoms with Crippen LogP contribution >= 0.6 is 0 Å². The Morgan fingerprint density at radius 2 is 2.05 bits per heavy atom. The monoisotopic (exact) mass is 278 g/mol. The number of carbonyl (C=O) groups is 2. The van der Waals surface area contributed by atoms with Crippen molar-refractivity contribution in [1.29, 1.82) is 0 Å². The minimum Gasteiger partial charge on any atom is -0.383 e. The van der Waals surface area contributed by atoms with E-state index in [0.717, 1.165) is 0 Å². The van der Waals surface area contributed by atoms with E-state index in [1.807, 2.05) is 0 Å². The van der Waals surface area contributed by atoms with Crippen LogP contribution in [0.5, 0.6) is 0 Å². The quantitative estimate of drug-likeness (QED) is 0.427. The lowest BCUT2D eigenvalue weighted by atomic mass is 10.2. The smallest absolute Gasteiger partial charge is 0.271 e. The van der Waals surface area contributed by atoms with Crippen LogP contribution in [0.2, 0.25) is 0 Å². The molecule has 0 fully saturated rings. The summed E-state index contributed by atoms with van der Waals surface area (Å²) in [6, 6.07) is 3.16. The summed E-state index contributed by atoms with van der Waals surface area (Å²) >= 11 is 0. The molecule has 1 aromatic rings. The van der Waals surface area contributed by atoms with Crippen LogP contribution in [0, 0.1) is 0 Å². The second-order valence-electron chi connectivity index (χ2n) is 4.04. The molecule has 0 aliphatic rings. The van der Waals surface area contributed by atoms with E-state index in [-0.39, 0.29) is 18.2 Å². The molecule has 0 aliphatic carbocycles. The summed E-state index contributed by atoms with van der Waals surface area (Å²) in [6.45, 7) is 2.58. The number of rotatable bonds is 7. The minimum absolute atomic E-state index is 0.125. The van der Waals surface area contributed by atoms with Gasteiger partial charge in [-0.15, -0.1) is 0 Å². The molecule has 0 aromatic carbocycles. The van der Waals surface area contributed by atoms with Crippen molar-refractivity contribution >= 4 is 17.5 Å². The molecule has 0 atom stereocenters. The molecule has 1 aromatic heterocycles. The lowest BCUT2D eigenvalue weighted by Crippen LogP contribution is -2.29. The van der Waals surface area contributed by atoms with E-state index in [9.17, 15) is 9.59 Å². The van der Waals surface area contributed by atoms with Gasteiger partial charge in [-0.25, -0.2) is 5.43 Å². The van der Waals surface area contributed by atoms with Gasteiger partial charge in [-0.2, -0.15) is 5.10 Å². The fourth-order valence-electron chi connectivity index (χ4n) is 1.34. The van der Waals surface area contributed by atoms with Crippen LogP contribution in [-0.4, -0.2) is 42.8 Å². The lowest BCUT2D eigenvalue weighted by molar-refractivity contribution is -0.120. The highest BCUT2D eigenvalue weighted by Gasteiger charge is 2.05. The number of amides is 2. The number of carbonyl (C=O) groups excluding carboxylic acids is 2. The van der Waals surface area contributed by atoms with E-state index in [4.69, 9.17) is 4.74 Å². The molecule has 1 heterocycles. The SMILES string of the molecule is COCCNC(=O)C/C(C)=N\NC(=O)c1ccncc1. The third-order valence-corrected chi connectivity index (χ3v) is 2.34. The van der Waals surface area contributed by atoms with Crippen LogP contribution in [0.15, 0.2) is 29.6 Å². The van der Waals surface area contributed by atoms with Gasteiger partial charge in [-0.05, 0) is 19.1 Å². The molecule has 0 aliphatic heterocycles. The zero-order valence-electron chi connectivity index (χ0n) is 11.5. The standard InChI is InChI=1S/C13H18N4O3/c1-10(9-12(18)15-7-8-20-2)16-17-13(19)11-3-5-14-6-4-11/h3-6H,7-9H2,1-2H3,(H,15,18)(H,17,19)/b16-10-. The maximum absolute atomic E-state index is 11.7. The Morgan fingerprint density at radius 3 is 2.70 bits per heavy atom. The van der Waals surface area contributed by atoms with Crippen LogP contribution in [0.3, 0.4) is 0 Å². The van der Waals surface area contributed by atoms with Crippen molar-refractivity contribution in [3.8, 4) is 0 Å².